The van der Waals surface area contributed by atoms with E-state index in [4.69, 9.17) is 14.9 Å². The Morgan fingerprint density at radius 3 is 2.00 bits per heavy atom. The van der Waals surface area contributed by atoms with Gasteiger partial charge in [-0.1, -0.05) is 0 Å². The van der Waals surface area contributed by atoms with Crippen LogP contribution in [0, 0.1) is 0 Å². The molecule has 0 fully saturated rings. The number of hydrogen-bond acceptors (Lipinski definition) is 3. The molecule has 1 atom stereocenters. The van der Waals surface area contributed by atoms with Crippen LogP contribution >= 0.6 is 7.60 Å². The zero-order valence-electron chi connectivity index (χ0n) is 4.47. The summed E-state index contributed by atoms with van der Waals surface area (Å²) in [6.45, 7) is -0.812. The maximum Gasteiger partial charge on any atom is 0.338 e. The monoisotopic (exact) mass is 154 g/mol. The van der Waals surface area contributed by atoms with E-state index in [1.54, 1.807) is 0 Å². The molecule has 0 aromatic rings. The molecule has 0 aromatic heterocycles. The highest BCUT2D eigenvalue weighted by Gasteiger charge is 2.26. The maximum absolute atomic E-state index is 10.1. The number of aliphatic hydroxyl groups is 1. The minimum absolute atomic E-state index is 0.0424. The van der Waals surface area contributed by atoms with Crippen molar-refractivity contribution in [1.29, 1.82) is 0 Å². The number of aliphatic hydroxyl groups excluding tert-OH is 1. The standard InChI is InChI=1S/C3H7O5P/c4-1-3(2-5)9(6,7)8/h1,3,5H,2H2,(H2,6,7,8). The molecular formula is C3H7O5P. The lowest BCUT2D eigenvalue weighted by molar-refractivity contribution is -0.108. The van der Waals surface area contributed by atoms with Gasteiger partial charge in [0.25, 0.3) is 0 Å². The molecule has 0 bridgehead atoms. The zero-order valence-corrected chi connectivity index (χ0v) is 5.36. The summed E-state index contributed by atoms with van der Waals surface area (Å²) in [5.41, 5.74) is -1.56. The molecule has 3 N–H and O–H groups in total. The Kier molecular flexibility index (Phi) is 3.00. The van der Waals surface area contributed by atoms with E-state index in [0.29, 0.717) is 0 Å². The second-order valence-electron chi connectivity index (χ2n) is 1.48. The third-order valence-electron chi connectivity index (χ3n) is 0.776. The molecule has 0 radical (unpaired) electrons. The molecule has 1 unspecified atom stereocenters. The molecular weight excluding hydrogens is 147 g/mol. The molecule has 0 saturated heterocycles. The van der Waals surface area contributed by atoms with Gasteiger partial charge in [-0.25, -0.2) is 0 Å². The molecule has 0 heterocycles. The normalized spacial score (nSPS) is 15.0. The van der Waals surface area contributed by atoms with Gasteiger partial charge in [0.05, 0.1) is 6.61 Å². The van der Waals surface area contributed by atoms with Gasteiger partial charge in [0, 0.05) is 0 Å². The van der Waals surface area contributed by atoms with Crippen LogP contribution in [-0.4, -0.2) is 33.4 Å². The Hall–Kier alpha value is -0.220. The van der Waals surface area contributed by atoms with Crippen molar-refractivity contribution in [1.82, 2.24) is 0 Å². The second kappa shape index (κ2) is 3.08. The minimum Gasteiger partial charge on any atom is -0.395 e. The highest BCUT2D eigenvalue weighted by Crippen LogP contribution is 2.39. The van der Waals surface area contributed by atoms with Gasteiger partial charge in [-0.2, -0.15) is 0 Å². The molecule has 54 valence electrons. The van der Waals surface area contributed by atoms with Crippen LogP contribution in [0.4, 0.5) is 0 Å². The first kappa shape index (κ1) is 8.78. The summed E-state index contributed by atoms with van der Waals surface area (Å²) >= 11 is 0. The molecule has 0 aliphatic rings. The Bertz CT molecular complexity index is 137. The molecule has 9 heavy (non-hydrogen) atoms. The summed E-state index contributed by atoms with van der Waals surface area (Å²) < 4.78 is 10.1. The van der Waals surface area contributed by atoms with Crippen molar-refractivity contribution in [2.75, 3.05) is 6.61 Å². The molecule has 0 saturated carbocycles. The number of carbonyl (C=O) groups excluding carboxylic acids is 1. The maximum atomic E-state index is 10.1. The van der Waals surface area contributed by atoms with Crippen molar-refractivity contribution in [3.05, 3.63) is 0 Å². The summed E-state index contributed by atoms with van der Waals surface area (Å²) in [5, 5.41) is 8.14. The average molecular weight is 154 g/mol. The Balaban J connectivity index is 4.12. The Morgan fingerprint density at radius 1 is 1.56 bits per heavy atom. The summed E-state index contributed by atoms with van der Waals surface area (Å²) in [5.74, 6) is 0. The van der Waals surface area contributed by atoms with Crippen LogP contribution in [-0.2, 0) is 9.36 Å². The fourth-order valence-corrected chi connectivity index (χ4v) is 0.600. The smallest absolute Gasteiger partial charge is 0.338 e. The number of rotatable bonds is 3. The summed E-state index contributed by atoms with van der Waals surface area (Å²) in [6.07, 6.45) is 0.0424. The minimum atomic E-state index is -4.39. The van der Waals surface area contributed by atoms with Crippen LogP contribution in [0.25, 0.3) is 0 Å². The number of aldehydes is 1. The molecule has 0 aliphatic heterocycles. The quantitative estimate of drug-likeness (QED) is 0.347. The number of hydrogen-bond donors (Lipinski definition) is 3. The molecule has 6 heteroatoms. The van der Waals surface area contributed by atoms with Crippen LogP contribution in [0.5, 0.6) is 0 Å². The van der Waals surface area contributed by atoms with Crippen molar-refractivity contribution in [3.8, 4) is 0 Å². The second-order valence-corrected chi connectivity index (χ2v) is 3.32. The van der Waals surface area contributed by atoms with Crippen molar-refractivity contribution < 1.29 is 24.3 Å². The van der Waals surface area contributed by atoms with Crippen molar-refractivity contribution in [3.63, 3.8) is 0 Å². The Morgan fingerprint density at radius 2 is 2.00 bits per heavy atom. The third-order valence-corrected chi connectivity index (χ3v) is 1.93. The summed E-state index contributed by atoms with van der Waals surface area (Å²) in [6, 6.07) is 0. The van der Waals surface area contributed by atoms with Crippen LogP contribution in [0.1, 0.15) is 0 Å². The predicted molar refractivity (Wildman–Crippen MR) is 29.0 cm³/mol. The summed E-state index contributed by atoms with van der Waals surface area (Å²) in [4.78, 5) is 26.1. The lowest BCUT2D eigenvalue weighted by atomic mass is 10.5. The van der Waals surface area contributed by atoms with Crippen LogP contribution in [0.3, 0.4) is 0 Å². The van der Waals surface area contributed by atoms with Gasteiger partial charge in [0.15, 0.2) is 0 Å². The molecule has 0 amide bonds. The summed E-state index contributed by atoms with van der Waals surface area (Å²) in [7, 11) is -4.39. The third kappa shape index (κ3) is 2.72. The van der Waals surface area contributed by atoms with Crippen molar-refractivity contribution in [2.45, 2.75) is 5.66 Å². The molecule has 5 nitrogen and oxygen atoms in total. The van der Waals surface area contributed by atoms with Crippen LogP contribution in [0.15, 0.2) is 0 Å². The highest BCUT2D eigenvalue weighted by atomic mass is 31.2. The van der Waals surface area contributed by atoms with Gasteiger partial charge < -0.3 is 19.7 Å². The molecule has 0 aromatic carbocycles. The average Bonchev–Trinajstić information content (AvgIpc) is 1.65. The van der Waals surface area contributed by atoms with E-state index in [0.717, 1.165) is 0 Å². The van der Waals surface area contributed by atoms with E-state index >= 15 is 0 Å². The Labute approximate surface area is 51.5 Å². The first-order valence-electron chi connectivity index (χ1n) is 2.13. The molecule has 0 rings (SSSR count). The fraction of sp³-hybridized carbons (Fsp3) is 0.667. The van der Waals surface area contributed by atoms with Gasteiger partial charge in [0.1, 0.15) is 11.9 Å². The van der Waals surface area contributed by atoms with Crippen molar-refractivity contribution in [2.24, 2.45) is 0 Å². The first-order valence-corrected chi connectivity index (χ1v) is 3.82. The SMILES string of the molecule is O=CC(CO)P(=O)(O)O. The van der Waals surface area contributed by atoms with Crippen LogP contribution in [0.2, 0.25) is 0 Å². The van der Waals surface area contributed by atoms with Crippen LogP contribution < -0.4 is 0 Å². The lowest BCUT2D eigenvalue weighted by Crippen LogP contribution is -2.14. The van der Waals surface area contributed by atoms with E-state index < -0.39 is 19.9 Å². The van der Waals surface area contributed by atoms with E-state index in [1.165, 1.54) is 0 Å². The van der Waals surface area contributed by atoms with E-state index in [-0.39, 0.29) is 6.29 Å². The highest BCUT2D eigenvalue weighted by molar-refractivity contribution is 7.53. The lowest BCUT2D eigenvalue weighted by Gasteiger charge is -2.06. The predicted octanol–water partition coefficient (Wildman–Crippen LogP) is -1.28. The van der Waals surface area contributed by atoms with Gasteiger partial charge in [-0.3, -0.25) is 4.57 Å². The number of carbonyl (C=O) groups is 1. The fourth-order valence-electron chi connectivity index (χ4n) is 0.229. The largest absolute Gasteiger partial charge is 0.395 e. The molecule has 0 spiro atoms. The van der Waals surface area contributed by atoms with Gasteiger partial charge in [-0.15, -0.1) is 0 Å². The first-order chi connectivity index (χ1) is 4.02. The molecule has 0 aliphatic carbocycles. The van der Waals surface area contributed by atoms with Crippen molar-refractivity contribution >= 4 is 13.9 Å². The van der Waals surface area contributed by atoms with E-state index in [2.05, 4.69) is 0 Å². The zero-order chi connectivity index (χ0) is 7.49. The topological polar surface area (TPSA) is 94.8 Å². The van der Waals surface area contributed by atoms with E-state index in [9.17, 15) is 9.36 Å². The van der Waals surface area contributed by atoms with Gasteiger partial charge in [0.2, 0.25) is 0 Å². The van der Waals surface area contributed by atoms with Gasteiger partial charge >= 0.3 is 7.60 Å². The van der Waals surface area contributed by atoms with Gasteiger partial charge in [-0.05, 0) is 0 Å². The van der Waals surface area contributed by atoms with E-state index in [1.807, 2.05) is 0 Å².